The van der Waals surface area contributed by atoms with Gasteiger partial charge < -0.3 is 10.1 Å². The fourth-order valence-corrected chi connectivity index (χ4v) is 4.44. The first kappa shape index (κ1) is 25.6. The Kier molecular flexibility index (Phi) is 8.19. The molecule has 0 radical (unpaired) electrons. The van der Waals surface area contributed by atoms with Gasteiger partial charge in [-0.1, -0.05) is 41.4 Å². The Morgan fingerprint density at radius 3 is 2.15 bits per heavy atom. The Morgan fingerprint density at radius 2 is 1.56 bits per heavy atom. The van der Waals surface area contributed by atoms with E-state index in [1.165, 1.54) is 0 Å². The number of nitrogens with zero attached hydrogens (tertiary/aromatic N) is 1. The van der Waals surface area contributed by atoms with Gasteiger partial charge in [0.25, 0.3) is 5.91 Å². The maximum absolute atomic E-state index is 12.6. The SMILES string of the molecule is CCOC(=O)c1ccc(NC(=O)c2ccc(CN(c3cccc(Cl)c3Cl)S(C)(=O)=O)cc2)cc1. The van der Waals surface area contributed by atoms with E-state index in [-0.39, 0.29) is 34.8 Å². The van der Waals surface area contributed by atoms with E-state index in [1.54, 1.807) is 73.7 Å². The predicted molar refractivity (Wildman–Crippen MR) is 134 cm³/mol. The summed E-state index contributed by atoms with van der Waals surface area (Å²) >= 11 is 12.3. The first-order valence-corrected chi connectivity index (χ1v) is 12.8. The lowest BCUT2D eigenvalue weighted by molar-refractivity contribution is 0.0526. The van der Waals surface area contributed by atoms with E-state index in [0.717, 1.165) is 10.6 Å². The van der Waals surface area contributed by atoms with E-state index in [1.807, 2.05) is 0 Å². The third-order valence-electron chi connectivity index (χ3n) is 4.80. The van der Waals surface area contributed by atoms with Gasteiger partial charge in [-0.3, -0.25) is 9.10 Å². The molecule has 3 rings (SSSR count). The summed E-state index contributed by atoms with van der Waals surface area (Å²) in [7, 11) is -3.66. The molecule has 1 amide bonds. The van der Waals surface area contributed by atoms with Gasteiger partial charge in [0.15, 0.2) is 0 Å². The monoisotopic (exact) mass is 520 g/mol. The standard InChI is InChI=1S/C24H22Cl2N2O5S/c1-3-33-24(30)18-11-13-19(14-12-18)27-23(29)17-9-7-16(8-10-17)15-28(34(2,31)32)21-6-4-5-20(25)22(21)26/h4-14H,3,15H2,1-2H3,(H,27,29). The summed E-state index contributed by atoms with van der Waals surface area (Å²) in [4.78, 5) is 24.3. The molecule has 3 aromatic carbocycles. The lowest BCUT2D eigenvalue weighted by atomic mass is 10.1. The zero-order chi connectivity index (χ0) is 24.9. The number of rotatable bonds is 8. The molecule has 178 valence electrons. The van der Waals surface area contributed by atoms with E-state index < -0.39 is 16.0 Å². The highest BCUT2D eigenvalue weighted by Gasteiger charge is 2.21. The molecular weight excluding hydrogens is 499 g/mol. The molecule has 0 aliphatic rings. The predicted octanol–water partition coefficient (Wildman–Crippen LogP) is 5.39. The lowest BCUT2D eigenvalue weighted by Crippen LogP contribution is -2.29. The molecule has 1 N–H and O–H groups in total. The third kappa shape index (κ3) is 6.28. The van der Waals surface area contributed by atoms with Crippen LogP contribution in [0.2, 0.25) is 10.0 Å². The summed E-state index contributed by atoms with van der Waals surface area (Å²) in [6, 6.07) is 17.6. The molecule has 3 aromatic rings. The average Bonchev–Trinajstić information content (AvgIpc) is 2.80. The summed E-state index contributed by atoms with van der Waals surface area (Å²) in [6.07, 6.45) is 1.08. The quantitative estimate of drug-likeness (QED) is 0.402. The number of amides is 1. The molecule has 0 unspecified atom stereocenters. The van der Waals surface area contributed by atoms with Crippen LogP contribution in [0.4, 0.5) is 11.4 Å². The van der Waals surface area contributed by atoms with Crippen molar-refractivity contribution >= 4 is 56.5 Å². The molecule has 7 nitrogen and oxygen atoms in total. The van der Waals surface area contributed by atoms with Crippen LogP contribution in [0.25, 0.3) is 0 Å². The Morgan fingerprint density at radius 1 is 0.941 bits per heavy atom. The van der Waals surface area contributed by atoms with Crippen molar-refractivity contribution in [3.63, 3.8) is 0 Å². The third-order valence-corrected chi connectivity index (χ3v) is 6.73. The van der Waals surface area contributed by atoms with E-state index in [4.69, 9.17) is 27.9 Å². The second-order valence-electron chi connectivity index (χ2n) is 7.29. The van der Waals surface area contributed by atoms with Crippen LogP contribution in [0.15, 0.2) is 66.7 Å². The summed E-state index contributed by atoms with van der Waals surface area (Å²) in [5.74, 6) is -0.786. The number of carbonyl (C=O) groups excluding carboxylic acids is 2. The molecule has 0 aromatic heterocycles. The van der Waals surface area contributed by atoms with E-state index in [9.17, 15) is 18.0 Å². The molecule has 10 heteroatoms. The smallest absolute Gasteiger partial charge is 0.338 e. The van der Waals surface area contributed by atoms with Crippen molar-refractivity contribution in [1.82, 2.24) is 0 Å². The first-order chi connectivity index (χ1) is 16.1. The number of esters is 1. The normalized spacial score (nSPS) is 11.1. The van der Waals surface area contributed by atoms with Gasteiger partial charge in [0.1, 0.15) is 0 Å². The summed E-state index contributed by atoms with van der Waals surface area (Å²) in [6.45, 7) is 2.01. The van der Waals surface area contributed by atoms with Crippen LogP contribution in [0.5, 0.6) is 0 Å². The maximum atomic E-state index is 12.6. The van der Waals surface area contributed by atoms with Crippen molar-refractivity contribution in [3.05, 3.63) is 93.5 Å². The Hall–Kier alpha value is -3.07. The minimum atomic E-state index is -3.66. The second-order valence-corrected chi connectivity index (χ2v) is 9.98. The molecule has 0 aliphatic heterocycles. The Labute approximate surface area is 208 Å². The van der Waals surface area contributed by atoms with Gasteiger partial charge in [-0.15, -0.1) is 0 Å². The van der Waals surface area contributed by atoms with Gasteiger partial charge in [-0.05, 0) is 61.0 Å². The van der Waals surface area contributed by atoms with Crippen LogP contribution in [0.1, 0.15) is 33.2 Å². The summed E-state index contributed by atoms with van der Waals surface area (Å²) in [5.41, 5.74) is 2.20. The highest BCUT2D eigenvalue weighted by Crippen LogP contribution is 2.34. The number of anilines is 2. The minimum Gasteiger partial charge on any atom is -0.462 e. The molecule has 0 fully saturated rings. The number of halogens is 2. The van der Waals surface area contributed by atoms with Gasteiger partial charge in [0, 0.05) is 11.3 Å². The fraction of sp³-hybridized carbons (Fsp3) is 0.167. The van der Waals surface area contributed by atoms with Crippen LogP contribution < -0.4 is 9.62 Å². The van der Waals surface area contributed by atoms with E-state index in [2.05, 4.69) is 5.32 Å². The van der Waals surface area contributed by atoms with Gasteiger partial charge in [-0.2, -0.15) is 0 Å². The summed E-state index contributed by atoms with van der Waals surface area (Å²) in [5, 5.41) is 3.13. The van der Waals surface area contributed by atoms with Crippen LogP contribution in [-0.2, 0) is 21.3 Å². The molecule has 0 bridgehead atoms. The van der Waals surface area contributed by atoms with Crippen molar-refractivity contribution in [2.24, 2.45) is 0 Å². The number of hydrogen-bond acceptors (Lipinski definition) is 5. The highest BCUT2D eigenvalue weighted by atomic mass is 35.5. The van der Waals surface area contributed by atoms with Crippen LogP contribution in [0.3, 0.4) is 0 Å². The topological polar surface area (TPSA) is 92.8 Å². The maximum Gasteiger partial charge on any atom is 0.338 e. The number of carbonyl (C=O) groups is 2. The molecule has 34 heavy (non-hydrogen) atoms. The number of sulfonamides is 1. The van der Waals surface area contributed by atoms with E-state index >= 15 is 0 Å². The van der Waals surface area contributed by atoms with Crippen molar-refractivity contribution in [1.29, 1.82) is 0 Å². The van der Waals surface area contributed by atoms with Crippen molar-refractivity contribution in [2.75, 3.05) is 22.5 Å². The molecule has 0 atom stereocenters. The van der Waals surface area contributed by atoms with Gasteiger partial charge in [0.05, 0.1) is 40.7 Å². The van der Waals surface area contributed by atoms with Gasteiger partial charge in [-0.25, -0.2) is 13.2 Å². The van der Waals surface area contributed by atoms with Crippen LogP contribution in [-0.4, -0.2) is 33.2 Å². The molecular formula is C24H22Cl2N2O5S. The molecule has 0 aliphatic carbocycles. The minimum absolute atomic E-state index is 0.0100. The van der Waals surface area contributed by atoms with Crippen molar-refractivity contribution < 1.29 is 22.7 Å². The fourth-order valence-electron chi connectivity index (χ4n) is 3.10. The Balaban J connectivity index is 1.73. The zero-order valence-corrected chi connectivity index (χ0v) is 20.7. The molecule has 0 spiro atoms. The zero-order valence-electron chi connectivity index (χ0n) is 18.4. The molecule has 0 saturated carbocycles. The van der Waals surface area contributed by atoms with Crippen molar-refractivity contribution in [2.45, 2.75) is 13.5 Å². The molecule has 0 heterocycles. The number of ether oxygens (including phenoxy) is 1. The van der Waals surface area contributed by atoms with Crippen molar-refractivity contribution in [3.8, 4) is 0 Å². The second kappa shape index (κ2) is 10.9. The van der Waals surface area contributed by atoms with Crippen LogP contribution >= 0.6 is 23.2 Å². The lowest BCUT2D eigenvalue weighted by Gasteiger charge is -2.24. The van der Waals surface area contributed by atoms with E-state index in [0.29, 0.717) is 22.4 Å². The summed E-state index contributed by atoms with van der Waals surface area (Å²) < 4.78 is 30.9. The Bertz CT molecular complexity index is 1290. The van der Waals surface area contributed by atoms with Gasteiger partial charge >= 0.3 is 5.97 Å². The number of hydrogen-bond donors (Lipinski definition) is 1. The largest absolute Gasteiger partial charge is 0.462 e. The number of benzene rings is 3. The molecule has 0 saturated heterocycles. The first-order valence-electron chi connectivity index (χ1n) is 10.2. The average molecular weight is 521 g/mol. The van der Waals surface area contributed by atoms with Gasteiger partial charge in [0.2, 0.25) is 10.0 Å². The van der Waals surface area contributed by atoms with Crippen LogP contribution in [0, 0.1) is 0 Å². The number of nitrogens with one attached hydrogen (secondary N) is 1. The highest BCUT2D eigenvalue weighted by molar-refractivity contribution is 7.92.